The van der Waals surface area contributed by atoms with Crippen LogP contribution in [-0.4, -0.2) is 34.3 Å². The third kappa shape index (κ3) is 3.92. The highest BCUT2D eigenvalue weighted by atomic mass is 35.5. The quantitative estimate of drug-likeness (QED) is 0.787. The van der Waals surface area contributed by atoms with E-state index in [2.05, 4.69) is 15.5 Å². The maximum absolute atomic E-state index is 12.3. The standard InChI is InChI=1S/C15H20ClN5O2/c1-9(2)14-20-19-8-21(14)5-4-18-15(22)10-6-11(16)12(17)7-13(10)23-3/h6-9H,4-5,17H2,1-3H3,(H,18,22). The number of aromatic nitrogens is 3. The first kappa shape index (κ1) is 17.1. The largest absolute Gasteiger partial charge is 0.496 e. The number of carbonyl (C=O) groups excluding carboxylic acids is 1. The monoisotopic (exact) mass is 337 g/mol. The van der Waals surface area contributed by atoms with E-state index in [-0.39, 0.29) is 11.8 Å². The number of ether oxygens (including phenoxy) is 1. The van der Waals surface area contributed by atoms with Crippen LogP contribution in [0.5, 0.6) is 5.75 Å². The van der Waals surface area contributed by atoms with Gasteiger partial charge in [-0.25, -0.2) is 0 Å². The van der Waals surface area contributed by atoms with Crippen LogP contribution in [0.4, 0.5) is 5.69 Å². The molecule has 0 atom stereocenters. The van der Waals surface area contributed by atoms with Gasteiger partial charge in [-0.15, -0.1) is 10.2 Å². The van der Waals surface area contributed by atoms with E-state index in [0.717, 1.165) is 5.82 Å². The Morgan fingerprint density at radius 2 is 2.22 bits per heavy atom. The summed E-state index contributed by atoms with van der Waals surface area (Å²) in [6, 6.07) is 3.04. The van der Waals surface area contributed by atoms with Crippen LogP contribution < -0.4 is 15.8 Å². The highest BCUT2D eigenvalue weighted by molar-refractivity contribution is 6.33. The Morgan fingerprint density at radius 3 is 2.87 bits per heavy atom. The molecule has 8 heteroatoms. The van der Waals surface area contributed by atoms with Gasteiger partial charge in [0.2, 0.25) is 0 Å². The van der Waals surface area contributed by atoms with Crippen molar-refractivity contribution in [2.45, 2.75) is 26.3 Å². The number of amides is 1. The van der Waals surface area contributed by atoms with E-state index in [4.69, 9.17) is 22.1 Å². The molecule has 0 spiro atoms. The van der Waals surface area contributed by atoms with E-state index in [9.17, 15) is 4.79 Å². The molecule has 1 heterocycles. The summed E-state index contributed by atoms with van der Waals surface area (Å²) in [6.07, 6.45) is 1.65. The van der Waals surface area contributed by atoms with Gasteiger partial charge in [0.25, 0.3) is 5.91 Å². The van der Waals surface area contributed by atoms with Crippen molar-refractivity contribution in [1.29, 1.82) is 0 Å². The van der Waals surface area contributed by atoms with Crippen LogP contribution in [0.3, 0.4) is 0 Å². The van der Waals surface area contributed by atoms with E-state index < -0.39 is 0 Å². The maximum atomic E-state index is 12.3. The number of methoxy groups -OCH3 is 1. The third-order valence-corrected chi connectivity index (χ3v) is 3.69. The molecule has 2 rings (SSSR count). The smallest absolute Gasteiger partial charge is 0.255 e. The fourth-order valence-corrected chi connectivity index (χ4v) is 2.35. The number of anilines is 1. The van der Waals surface area contributed by atoms with Crippen LogP contribution in [0.15, 0.2) is 18.5 Å². The average Bonchev–Trinajstić information content (AvgIpc) is 2.98. The number of hydrogen-bond donors (Lipinski definition) is 2. The molecule has 0 fully saturated rings. The van der Waals surface area contributed by atoms with Gasteiger partial charge in [-0.2, -0.15) is 0 Å². The Balaban J connectivity index is 2.03. The molecule has 0 aliphatic carbocycles. The number of nitrogens with one attached hydrogen (secondary N) is 1. The SMILES string of the molecule is COc1cc(N)c(Cl)cc1C(=O)NCCn1cnnc1C(C)C. The Hall–Kier alpha value is -2.28. The van der Waals surface area contributed by atoms with Gasteiger partial charge in [-0.1, -0.05) is 25.4 Å². The molecule has 0 aliphatic heterocycles. The van der Waals surface area contributed by atoms with Gasteiger partial charge in [0.05, 0.1) is 23.4 Å². The summed E-state index contributed by atoms with van der Waals surface area (Å²) in [5.41, 5.74) is 6.43. The fourth-order valence-electron chi connectivity index (χ4n) is 2.18. The first-order valence-corrected chi connectivity index (χ1v) is 7.60. The topological polar surface area (TPSA) is 95.1 Å². The van der Waals surface area contributed by atoms with E-state index in [1.807, 2.05) is 18.4 Å². The van der Waals surface area contributed by atoms with Crippen LogP contribution in [0.2, 0.25) is 5.02 Å². The van der Waals surface area contributed by atoms with Gasteiger partial charge in [0.15, 0.2) is 0 Å². The molecule has 0 bridgehead atoms. The number of halogens is 1. The molecular formula is C15H20ClN5O2. The average molecular weight is 338 g/mol. The second-order valence-electron chi connectivity index (χ2n) is 5.37. The van der Waals surface area contributed by atoms with Crippen molar-refractivity contribution in [2.75, 3.05) is 19.4 Å². The van der Waals surface area contributed by atoms with Crippen LogP contribution in [-0.2, 0) is 6.54 Å². The lowest BCUT2D eigenvalue weighted by Gasteiger charge is -2.12. The number of nitrogens with zero attached hydrogens (tertiary/aromatic N) is 3. The van der Waals surface area contributed by atoms with Crippen molar-refractivity contribution in [3.05, 3.63) is 34.9 Å². The molecule has 0 saturated heterocycles. The summed E-state index contributed by atoms with van der Waals surface area (Å²) in [7, 11) is 1.48. The number of nitrogen functional groups attached to an aromatic ring is 1. The van der Waals surface area contributed by atoms with Gasteiger partial charge in [-0.3, -0.25) is 4.79 Å². The number of hydrogen-bond acceptors (Lipinski definition) is 5. The van der Waals surface area contributed by atoms with E-state index in [1.165, 1.54) is 19.2 Å². The lowest BCUT2D eigenvalue weighted by Crippen LogP contribution is -2.28. The summed E-state index contributed by atoms with van der Waals surface area (Å²) in [6.45, 7) is 5.10. The second kappa shape index (κ2) is 7.32. The normalized spacial score (nSPS) is 10.8. The van der Waals surface area contributed by atoms with Crippen LogP contribution in [0, 0.1) is 0 Å². The molecule has 124 valence electrons. The molecule has 0 saturated carbocycles. The minimum Gasteiger partial charge on any atom is -0.496 e. The van der Waals surface area contributed by atoms with Crippen molar-refractivity contribution < 1.29 is 9.53 Å². The zero-order chi connectivity index (χ0) is 17.0. The number of nitrogens with two attached hydrogens (primary N) is 1. The lowest BCUT2D eigenvalue weighted by atomic mass is 10.1. The van der Waals surface area contributed by atoms with Crippen LogP contribution in [0.1, 0.15) is 35.9 Å². The van der Waals surface area contributed by atoms with Crippen molar-refractivity contribution >= 4 is 23.2 Å². The zero-order valence-corrected chi connectivity index (χ0v) is 14.1. The minimum absolute atomic E-state index is 0.268. The molecule has 1 amide bonds. The molecule has 1 aromatic carbocycles. The van der Waals surface area contributed by atoms with Gasteiger partial charge in [0, 0.05) is 25.1 Å². The summed E-state index contributed by atoms with van der Waals surface area (Å²) < 4.78 is 7.10. The molecule has 3 N–H and O–H groups in total. The minimum atomic E-state index is -0.275. The third-order valence-electron chi connectivity index (χ3n) is 3.36. The first-order chi connectivity index (χ1) is 10.9. The molecule has 0 unspecified atom stereocenters. The second-order valence-corrected chi connectivity index (χ2v) is 5.77. The van der Waals surface area contributed by atoms with Crippen molar-refractivity contribution in [3.63, 3.8) is 0 Å². The van der Waals surface area contributed by atoms with Gasteiger partial charge < -0.3 is 20.4 Å². The Labute approximate surface area is 139 Å². The van der Waals surface area contributed by atoms with Crippen molar-refractivity contribution in [1.82, 2.24) is 20.1 Å². The number of benzene rings is 1. The molecule has 0 radical (unpaired) electrons. The molecule has 2 aromatic rings. The molecule has 0 aliphatic rings. The Kier molecular flexibility index (Phi) is 5.44. The summed E-state index contributed by atoms with van der Waals surface area (Å²) in [5.74, 6) is 1.26. The highest BCUT2D eigenvalue weighted by Crippen LogP contribution is 2.28. The van der Waals surface area contributed by atoms with Crippen molar-refractivity contribution in [3.8, 4) is 5.75 Å². The fraction of sp³-hybridized carbons (Fsp3) is 0.400. The van der Waals surface area contributed by atoms with E-state index in [0.29, 0.717) is 35.1 Å². The zero-order valence-electron chi connectivity index (χ0n) is 13.3. The predicted molar refractivity (Wildman–Crippen MR) is 88.9 cm³/mol. The Morgan fingerprint density at radius 1 is 1.48 bits per heavy atom. The molecule has 23 heavy (non-hydrogen) atoms. The lowest BCUT2D eigenvalue weighted by molar-refractivity contribution is 0.0949. The van der Waals surface area contributed by atoms with Crippen LogP contribution >= 0.6 is 11.6 Å². The van der Waals surface area contributed by atoms with Gasteiger partial charge >= 0.3 is 0 Å². The summed E-state index contributed by atoms with van der Waals surface area (Å²) in [5, 5.41) is 11.1. The molecular weight excluding hydrogens is 318 g/mol. The highest BCUT2D eigenvalue weighted by Gasteiger charge is 2.15. The summed E-state index contributed by atoms with van der Waals surface area (Å²) >= 11 is 5.98. The number of carbonyl (C=O) groups is 1. The predicted octanol–water partition coefficient (Wildman–Crippen LogP) is 2.08. The van der Waals surface area contributed by atoms with E-state index >= 15 is 0 Å². The molecule has 1 aromatic heterocycles. The maximum Gasteiger partial charge on any atom is 0.255 e. The van der Waals surface area contributed by atoms with Gasteiger partial charge in [-0.05, 0) is 6.07 Å². The van der Waals surface area contributed by atoms with E-state index in [1.54, 1.807) is 6.33 Å². The van der Waals surface area contributed by atoms with Crippen LogP contribution in [0.25, 0.3) is 0 Å². The summed E-state index contributed by atoms with van der Waals surface area (Å²) in [4.78, 5) is 12.3. The van der Waals surface area contributed by atoms with Gasteiger partial charge in [0.1, 0.15) is 17.9 Å². The first-order valence-electron chi connectivity index (χ1n) is 7.23. The van der Waals surface area contributed by atoms with Crippen molar-refractivity contribution in [2.24, 2.45) is 0 Å². The molecule has 7 nitrogen and oxygen atoms in total. The number of rotatable bonds is 6. The Bertz CT molecular complexity index is 699.